The highest BCUT2D eigenvalue weighted by Crippen LogP contribution is 2.31. The van der Waals surface area contributed by atoms with Crippen molar-refractivity contribution in [1.29, 1.82) is 0 Å². The Morgan fingerprint density at radius 2 is 2.00 bits per heavy atom. The molecule has 0 amide bonds. The van der Waals surface area contributed by atoms with Crippen molar-refractivity contribution in [3.05, 3.63) is 44.9 Å². The minimum atomic E-state index is -0.414. The lowest BCUT2D eigenvalue weighted by Crippen LogP contribution is -1.98. The average Bonchev–Trinajstić information content (AvgIpc) is 2.28. The molecule has 88 valence electrons. The number of aromatic nitrogens is 2. The third kappa shape index (κ3) is 2.86. The largest absolute Gasteiger partial charge is 0.350 e. The van der Waals surface area contributed by atoms with Crippen LogP contribution in [-0.2, 0) is 0 Å². The Labute approximate surface area is 115 Å². The van der Waals surface area contributed by atoms with Gasteiger partial charge in [-0.2, -0.15) is 0 Å². The molecule has 0 spiro atoms. The van der Waals surface area contributed by atoms with Crippen LogP contribution in [0.15, 0.2) is 28.7 Å². The lowest BCUT2D eigenvalue weighted by atomic mass is 10.3. The molecule has 2 aromatic rings. The normalized spacial score (nSPS) is 10.4. The predicted molar refractivity (Wildman–Crippen MR) is 69.4 cm³/mol. The average molecular weight is 337 g/mol. The zero-order valence-corrected chi connectivity index (χ0v) is 11.3. The first-order chi connectivity index (χ1) is 8.08. The van der Waals surface area contributed by atoms with Crippen LogP contribution in [0.25, 0.3) is 0 Å². The lowest BCUT2D eigenvalue weighted by Gasteiger charge is -2.10. The molecule has 0 aliphatic heterocycles. The highest BCUT2D eigenvalue weighted by atomic mass is 79.9. The molecule has 0 atom stereocenters. The van der Waals surface area contributed by atoms with Crippen molar-refractivity contribution in [2.75, 3.05) is 5.32 Å². The van der Waals surface area contributed by atoms with Gasteiger partial charge in [-0.3, -0.25) is 0 Å². The van der Waals surface area contributed by atoms with Crippen molar-refractivity contribution in [3.63, 3.8) is 0 Å². The third-order valence-electron chi connectivity index (χ3n) is 1.94. The fourth-order valence-corrected chi connectivity index (χ4v) is 1.92. The first-order valence-corrected chi connectivity index (χ1v) is 6.02. The van der Waals surface area contributed by atoms with Gasteiger partial charge in [0.25, 0.3) is 0 Å². The molecule has 1 aromatic heterocycles. The Morgan fingerprint density at radius 3 is 2.71 bits per heavy atom. The van der Waals surface area contributed by atoms with Gasteiger partial charge in [0, 0.05) is 10.5 Å². The topological polar surface area (TPSA) is 37.8 Å². The Balaban J connectivity index is 2.41. The molecule has 2 rings (SSSR count). The second-order valence-electron chi connectivity index (χ2n) is 3.09. The number of nitrogens with one attached hydrogen (secondary N) is 1. The number of para-hydroxylation sites is 1. The number of benzene rings is 1. The van der Waals surface area contributed by atoms with Crippen LogP contribution >= 0.6 is 39.1 Å². The monoisotopic (exact) mass is 335 g/mol. The first-order valence-electron chi connectivity index (χ1n) is 4.47. The van der Waals surface area contributed by atoms with E-state index in [1.807, 2.05) is 0 Å². The van der Waals surface area contributed by atoms with Crippen LogP contribution in [0.1, 0.15) is 0 Å². The van der Waals surface area contributed by atoms with Crippen molar-refractivity contribution in [2.45, 2.75) is 0 Å². The van der Waals surface area contributed by atoms with E-state index in [0.29, 0.717) is 10.2 Å². The van der Waals surface area contributed by atoms with Gasteiger partial charge in [0.15, 0.2) is 10.3 Å². The zero-order valence-electron chi connectivity index (χ0n) is 8.22. The number of hydrogen-bond donors (Lipinski definition) is 1. The number of rotatable bonds is 2. The molecule has 7 heteroatoms. The zero-order chi connectivity index (χ0) is 12.4. The van der Waals surface area contributed by atoms with Crippen LogP contribution in [0.3, 0.4) is 0 Å². The summed E-state index contributed by atoms with van der Waals surface area (Å²) in [6.07, 6.45) is 0. The smallest absolute Gasteiger partial charge is 0.175 e. The standard InChI is InChI=1S/C10H5BrCl2FN3/c11-5-2-1-3-6(14)9(5)15-7-4-8(12)16-17-10(7)13/h1-4H,(H,15,16). The Morgan fingerprint density at radius 1 is 1.24 bits per heavy atom. The van der Waals surface area contributed by atoms with Gasteiger partial charge in [-0.05, 0) is 28.1 Å². The highest BCUT2D eigenvalue weighted by molar-refractivity contribution is 9.10. The van der Waals surface area contributed by atoms with Gasteiger partial charge < -0.3 is 5.32 Å². The van der Waals surface area contributed by atoms with Gasteiger partial charge >= 0.3 is 0 Å². The number of nitrogens with zero attached hydrogens (tertiary/aromatic N) is 2. The minimum Gasteiger partial charge on any atom is -0.350 e. The second kappa shape index (κ2) is 5.16. The molecule has 0 saturated heterocycles. The van der Waals surface area contributed by atoms with Crippen molar-refractivity contribution in [1.82, 2.24) is 10.2 Å². The molecule has 1 aromatic carbocycles. The fraction of sp³-hybridized carbons (Fsp3) is 0. The van der Waals surface area contributed by atoms with Crippen LogP contribution in [-0.4, -0.2) is 10.2 Å². The first kappa shape index (κ1) is 12.5. The van der Waals surface area contributed by atoms with E-state index in [1.54, 1.807) is 12.1 Å². The van der Waals surface area contributed by atoms with Crippen LogP contribution in [0, 0.1) is 5.82 Å². The van der Waals surface area contributed by atoms with E-state index in [9.17, 15) is 4.39 Å². The number of halogens is 4. The van der Waals surface area contributed by atoms with Crippen LogP contribution in [0.2, 0.25) is 10.3 Å². The molecule has 17 heavy (non-hydrogen) atoms. The Hall–Kier alpha value is -0.910. The van der Waals surface area contributed by atoms with Crippen LogP contribution in [0.4, 0.5) is 15.8 Å². The fourth-order valence-electron chi connectivity index (χ4n) is 1.19. The van der Waals surface area contributed by atoms with E-state index >= 15 is 0 Å². The van der Waals surface area contributed by atoms with Gasteiger partial charge in [0.1, 0.15) is 5.82 Å². The maximum absolute atomic E-state index is 13.6. The van der Waals surface area contributed by atoms with E-state index in [2.05, 4.69) is 31.4 Å². The summed E-state index contributed by atoms with van der Waals surface area (Å²) in [5.41, 5.74) is 0.649. The molecular weight excluding hydrogens is 332 g/mol. The van der Waals surface area contributed by atoms with Crippen molar-refractivity contribution in [3.8, 4) is 0 Å². The SMILES string of the molecule is Fc1cccc(Br)c1Nc1cc(Cl)nnc1Cl. The Kier molecular flexibility index (Phi) is 3.81. The van der Waals surface area contributed by atoms with E-state index in [-0.39, 0.29) is 16.0 Å². The summed E-state index contributed by atoms with van der Waals surface area (Å²) in [6.45, 7) is 0. The summed E-state index contributed by atoms with van der Waals surface area (Å²) >= 11 is 14.7. The van der Waals surface area contributed by atoms with E-state index in [4.69, 9.17) is 23.2 Å². The van der Waals surface area contributed by atoms with Gasteiger partial charge in [0.05, 0.1) is 11.4 Å². The van der Waals surface area contributed by atoms with Crippen molar-refractivity contribution >= 4 is 50.5 Å². The quantitative estimate of drug-likeness (QED) is 0.881. The van der Waals surface area contributed by atoms with E-state index in [1.165, 1.54) is 12.1 Å². The summed E-state index contributed by atoms with van der Waals surface area (Å²) < 4.78 is 14.1. The number of anilines is 2. The summed E-state index contributed by atoms with van der Waals surface area (Å²) in [5.74, 6) is -0.414. The molecule has 0 unspecified atom stereocenters. The van der Waals surface area contributed by atoms with Gasteiger partial charge in [-0.1, -0.05) is 29.3 Å². The molecule has 1 heterocycles. The summed E-state index contributed by atoms with van der Waals surface area (Å²) in [5, 5.41) is 10.3. The molecular formula is C10H5BrCl2FN3. The minimum absolute atomic E-state index is 0.115. The summed E-state index contributed by atoms with van der Waals surface area (Å²) in [4.78, 5) is 0. The molecule has 0 saturated carbocycles. The third-order valence-corrected chi connectivity index (χ3v) is 3.07. The summed E-state index contributed by atoms with van der Waals surface area (Å²) in [6, 6.07) is 6.09. The molecule has 1 N–H and O–H groups in total. The van der Waals surface area contributed by atoms with E-state index < -0.39 is 5.82 Å². The van der Waals surface area contributed by atoms with Crippen molar-refractivity contribution < 1.29 is 4.39 Å². The molecule has 0 aliphatic carbocycles. The molecule has 0 bridgehead atoms. The maximum Gasteiger partial charge on any atom is 0.175 e. The summed E-state index contributed by atoms with van der Waals surface area (Å²) in [7, 11) is 0. The molecule has 0 aliphatic rings. The molecule has 0 fully saturated rings. The second-order valence-corrected chi connectivity index (χ2v) is 4.69. The predicted octanol–water partition coefficient (Wildman–Crippen LogP) is 4.43. The molecule has 3 nitrogen and oxygen atoms in total. The molecule has 0 radical (unpaired) electrons. The Bertz CT molecular complexity index is 545. The van der Waals surface area contributed by atoms with Gasteiger partial charge in [0.2, 0.25) is 0 Å². The highest BCUT2D eigenvalue weighted by Gasteiger charge is 2.10. The van der Waals surface area contributed by atoms with E-state index in [0.717, 1.165) is 0 Å². The van der Waals surface area contributed by atoms with Crippen LogP contribution in [0.5, 0.6) is 0 Å². The maximum atomic E-state index is 13.6. The van der Waals surface area contributed by atoms with Gasteiger partial charge in [-0.25, -0.2) is 4.39 Å². The van der Waals surface area contributed by atoms with Crippen LogP contribution < -0.4 is 5.32 Å². The van der Waals surface area contributed by atoms with Crippen molar-refractivity contribution in [2.24, 2.45) is 0 Å². The lowest BCUT2D eigenvalue weighted by molar-refractivity contribution is 0.631. The van der Waals surface area contributed by atoms with Gasteiger partial charge in [-0.15, -0.1) is 10.2 Å². The number of hydrogen-bond acceptors (Lipinski definition) is 3.